The molecule has 0 amide bonds. The molecule has 0 saturated heterocycles. The van der Waals surface area contributed by atoms with Gasteiger partial charge < -0.3 is 9.84 Å². The number of hydrogen-bond acceptors (Lipinski definition) is 4. The van der Waals surface area contributed by atoms with E-state index in [1.54, 1.807) is 31.2 Å². The summed E-state index contributed by atoms with van der Waals surface area (Å²) in [5.74, 6) is 0.664. The molecule has 1 aromatic rings. The summed E-state index contributed by atoms with van der Waals surface area (Å²) in [5.41, 5.74) is 0. The van der Waals surface area contributed by atoms with Gasteiger partial charge in [0.25, 0.3) is 0 Å². The van der Waals surface area contributed by atoms with Crippen molar-refractivity contribution in [1.82, 2.24) is 4.31 Å². The Labute approximate surface area is 121 Å². The summed E-state index contributed by atoms with van der Waals surface area (Å²) in [6, 6.07) is 6.40. The van der Waals surface area contributed by atoms with Crippen LogP contribution in [0.15, 0.2) is 29.2 Å². The lowest BCUT2D eigenvalue weighted by Gasteiger charge is -2.18. The maximum atomic E-state index is 12.3. The molecule has 0 bridgehead atoms. The van der Waals surface area contributed by atoms with E-state index in [9.17, 15) is 13.5 Å². The summed E-state index contributed by atoms with van der Waals surface area (Å²) in [4.78, 5) is 0.231. The lowest BCUT2D eigenvalue weighted by Crippen LogP contribution is -2.29. The molecule has 0 aliphatic carbocycles. The van der Waals surface area contributed by atoms with Crippen LogP contribution in [0.3, 0.4) is 0 Å². The predicted octanol–water partition coefficient (Wildman–Crippen LogP) is 1.87. The standard InChI is InChI=1S/C14H23NO4S/c1-4-11-19-13-5-7-14(8-6-13)20(17,18)15(3)10-9-12(2)16/h5-8,12,16H,4,9-11H2,1-3H3. The molecular formula is C14H23NO4S. The second kappa shape index (κ2) is 7.61. The van der Waals surface area contributed by atoms with Gasteiger partial charge >= 0.3 is 0 Å². The fourth-order valence-electron chi connectivity index (χ4n) is 1.60. The highest BCUT2D eigenvalue weighted by Gasteiger charge is 2.20. The molecule has 0 aliphatic rings. The van der Waals surface area contributed by atoms with Crippen molar-refractivity contribution in [2.45, 2.75) is 37.7 Å². The van der Waals surface area contributed by atoms with Gasteiger partial charge in [-0.1, -0.05) is 6.92 Å². The first-order chi connectivity index (χ1) is 9.37. The second-order valence-electron chi connectivity index (χ2n) is 4.78. The average molecular weight is 301 g/mol. The fourth-order valence-corrected chi connectivity index (χ4v) is 2.78. The summed E-state index contributed by atoms with van der Waals surface area (Å²) < 4.78 is 31.2. The minimum atomic E-state index is -3.51. The number of rotatable bonds is 8. The zero-order valence-electron chi connectivity index (χ0n) is 12.2. The van der Waals surface area contributed by atoms with Crippen molar-refractivity contribution in [3.8, 4) is 5.75 Å². The van der Waals surface area contributed by atoms with Crippen molar-refractivity contribution in [2.75, 3.05) is 20.2 Å². The van der Waals surface area contributed by atoms with Crippen molar-refractivity contribution in [2.24, 2.45) is 0 Å². The fraction of sp³-hybridized carbons (Fsp3) is 0.571. The summed E-state index contributed by atoms with van der Waals surface area (Å²) in [6.07, 6.45) is 0.799. The Bertz CT molecular complexity index is 496. The van der Waals surface area contributed by atoms with Crippen LogP contribution in [-0.2, 0) is 10.0 Å². The molecule has 0 saturated carbocycles. The molecule has 20 heavy (non-hydrogen) atoms. The van der Waals surface area contributed by atoms with Gasteiger partial charge in [-0.2, -0.15) is 0 Å². The Hall–Kier alpha value is -1.11. The number of nitrogens with zero attached hydrogens (tertiary/aromatic N) is 1. The third-order valence-corrected chi connectivity index (χ3v) is 4.74. The van der Waals surface area contributed by atoms with Gasteiger partial charge in [0, 0.05) is 13.6 Å². The number of aliphatic hydroxyl groups is 1. The van der Waals surface area contributed by atoms with Crippen molar-refractivity contribution in [1.29, 1.82) is 0 Å². The van der Waals surface area contributed by atoms with E-state index in [0.717, 1.165) is 6.42 Å². The van der Waals surface area contributed by atoms with Gasteiger partial charge in [-0.3, -0.25) is 0 Å². The predicted molar refractivity (Wildman–Crippen MR) is 78.3 cm³/mol. The molecule has 114 valence electrons. The van der Waals surface area contributed by atoms with Crippen molar-refractivity contribution >= 4 is 10.0 Å². The van der Waals surface area contributed by atoms with E-state index in [-0.39, 0.29) is 11.4 Å². The van der Waals surface area contributed by atoms with Crippen LogP contribution < -0.4 is 4.74 Å². The smallest absolute Gasteiger partial charge is 0.242 e. The van der Waals surface area contributed by atoms with Gasteiger partial charge in [0.05, 0.1) is 17.6 Å². The lowest BCUT2D eigenvalue weighted by molar-refractivity contribution is 0.177. The number of sulfonamides is 1. The van der Waals surface area contributed by atoms with Crippen LogP contribution in [0.25, 0.3) is 0 Å². The highest BCUT2D eigenvalue weighted by Crippen LogP contribution is 2.19. The van der Waals surface area contributed by atoms with E-state index in [1.165, 1.54) is 11.4 Å². The zero-order chi connectivity index (χ0) is 15.2. The molecule has 1 rings (SSSR count). The van der Waals surface area contributed by atoms with E-state index in [2.05, 4.69) is 0 Å². The number of hydrogen-bond donors (Lipinski definition) is 1. The largest absolute Gasteiger partial charge is 0.494 e. The van der Waals surface area contributed by atoms with Gasteiger partial charge in [0.2, 0.25) is 10.0 Å². The Kier molecular flexibility index (Phi) is 6.45. The van der Waals surface area contributed by atoms with Crippen LogP contribution in [0.5, 0.6) is 5.75 Å². The molecule has 1 aromatic carbocycles. The molecule has 6 heteroatoms. The average Bonchev–Trinajstić information content (AvgIpc) is 2.42. The molecule has 0 heterocycles. The van der Waals surface area contributed by atoms with Crippen molar-refractivity contribution in [3.63, 3.8) is 0 Å². The number of aliphatic hydroxyl groups excluding tert-OH is 1. The number of benzene rings is 1. The third-order valence-electron chi connectivity index (χ3n) is 2.87. The lowest BCUT2D eigenvalue weighted by atomic mass is 10.3. The minimum Gasteiger partial charge on any atom is -0.494 e. The number of ether oxygens (including phenoxy) is 1. The molecule has 1 unspecified atom stereocenters. The van der Waals surface area contributed by atoms with E-state index >= 15 is 0 Å². The molecule has 0 fully saturated rings. The Morgan fingerprint density at radius 1 is 1.30 bits per heavy atom. The first-order valence-corrected chi connectivity index (χ1v) is 8.19. The SMILES string of the molecule is CCCOc1ccc(S(=O)(=O)N(C)CCC(C)O)cc1. The highest BCUT2D eigenvalue weighted by molar-refractivity contribution is 7.89. The Morgan fingerprint density at radius 3 is 2.40 bits per heavy atom. The molecule has 0 spiro atoms. The van der Waals surface area contributed by atoms with Gasteiger partial charge in [0.15, 0.2) is 0 Å². The molecule has 1 N–H and O–H groups in total. The zero-order valence-corrected chi connectivity index (χ0v) is 13.1. The molecule has 0 aliphatic heterocycles. The molecule has 1 atom stereocenters. The van der Waals surface area contributed by atoms with Gasteiger partial charge in [0.1, 0.15) is 5.75 Å². The molecule has 0 aromatic heterocycles. The second-order valence-corrected chi connectivity index (χ2v) is 6.83. The van der Waals surface area contributed by atoms with E-state index in [0.29, 0.717) is 18.8 Å². The van der Waals surface area contributed by atoms with Crippen LogP contribution in [0.2, 0.25) is 0 Å². The van der Waals surface area contributed by atoms with Crippen LogP contribution in [0.4, 0.5) is 0 Å². The summed E-state index contributed by atoms with van der Waals surface area (Å²) in [5, 5.41) is 9.22. The van der Waals surface area contributed by atoms with E-state index in [4.69, 9.17) is 4.74 Å². The minimum absolute atomic E-state index is 0.231. The topological polar surface area (TPSA) is 66.8 Å². The van der Waals surface area contributed by atoms with Crippen LogP contribution in [0, 0.1) is 0 Å². The van der Waals surface area contributed by atoms with Gasteiger partial charge in [-0.05, 0) is 44.0 Å². The Balaban J connectivity index is 2.76. The Morgan fingerprint density at radius 2 is 1.90 bits per heavy atom. The molecule has 0 radical (unpaired) electrons. The van der Waals surface area contributed by atoms with Gasteiger partial charge in [-0.25, -0.2) is 12.7 Å². The molecule has 5 nitrogen and oxygen atoms in total. The third kappa shape index (κ3) is 4.77. The quantitative estimate of drug-likeness (QED) is 0.796. The van der Waals surface area contributed by atoms with Crippen LogP contribution >= 0.6 is 0 Å². The highest BCUT2D eigenvalue weighted by atomic mass is 32.2. The summed E-state index contributed by atoms with van der Waals surface area (Å²) >= 11 is 0. The van der Waals surface area contributed by atoms with Crippen molar-refractivity contribution < 1.29 is 18.3 Å². The summed E-state index contributed by atoms with van der Waals surface area (Å²) in [7, 11) is -1.99. The molecular weight excluding hydrogens is 278 g/mol. The van der Waals surface area contributed by atoms with E-state index in [1.807, 2.05) is 6.92 Å². The van der Waals surface area contributed by atoms with Crippen molar-refractivity contribution in [3.05, 3.63) is 24.3 Å². The summed E-state index contributed by atoms with van der Waals surface area (Å²) in [6.45, 7) is 4.55. The monoisotopic (exact) mass is 301 g/mol. The maximum Gasteiger partial charge on any atom is 0.242 e. The normalized spacial score (nSPS) is 13.4. The van der Waals surface area contributed by atoms with Crippen LogP contribution in [0.1, 0.15) is 26.7 Å². The van der Waals surface area contributed by atoms with Crippen LogP contribution in [-0.4, -0.2) is 44.1 Å². The van der Waals surface area contributed by atoms with Gasteiger partial charge in [-0.15, -0.1) is 0 Å². The first-order valence-electron chi connectivity index (χ1n) is 6.75. The van der Waals surface area contributed by atoms with E-state index < -0.39 is 16.1 Å². The first kappa shape index (κ1) is 16.9. The maximum absolute atomic E-state index is 12.3.